The van der Waals surface area contributed by atoms with E-state index in [9.17, 15) is 9.59 Å². The summed E-state index contributed by atoms with van der Waals surface area (Å²) in [5.41, 5.74) is 2.16. The minimum absolute atomic E-state index is 0.258. The van der Waals surface area contributed by atoms with Crippen LogP contribution in [0.3, 0.4) is 0 Å². The fourth-order valence-electron chi connectivity index (χ4n) is 4.26. The standard InChI is InChI=1S/C22H29NO2S2/c1-26-21(23)11-14-5-9-19-16(10-14)22(17(24)8-4-13-2-3-13)20(27-19)12-18(25)15-6-7-15/h13-15,23H,2-12H2,1H3. The zero-order valence-corrected chi connectivity index (χ0v) is 17.8. The Bertz CT molecular complexity index is 759. The molecule has 3 aliphatic carbocycles. The molecule has 0 amide bonds. The fourth-order valence-corrected chi connectivity index (χ4v) is 6.04. The number of aryl methyl sites for hydroxylation is 1. The molecule has 4 rings (SSSR count). The van der Waals surface area contributed by atoms with E-state index >= 15 is 0 Å². The van der Waals surface area contributed by atoms with Crippen LogP contribution in [0.2, 0.25) is 0 Å². The first kappa shape index (κ1) is 19.4. The second-order valence-corrected chi connectivity index (χ2v) is 10.7. The van der Waals surface area contributed by atoms with Gasteiger partial charge in [-0.25, -0.2) is 0 Å². The third-order valence-corrected chi connectivity index (χ3v) is 8.23. The Kier molecular flexibility index (Phi) is 5.89. The highest BCUT2D eigenvalue weighted by Crippen LogP contribution is 2.41. The molecule has 2 fully saturated rings. The highest BCUT2D eigenvalue weighted by atomic mass is 32.2. The van der Waals surface area contributed by atoms with Crippen molar-refractivity contribution >= 4 is 39.7 Å². The monoisotopic (exact) mass is 403 g/mol. The van der Waals surface area contributed by atoms with Gasteiger partial charge in [0.2, 0.25) is 0 Å². The maximum absolute atomic E-state index is 13.1. The molecule has 0 saturated heterocycles. The number of thiophene rings is 1. The molecule has 1 aromatic heterocycles. The van der Waals surface area contributed by atoms with Crippen LogP contribution in [0.5, 0.6) is 0 Å². The summed E-state index contributed by atoms with van der Waals surface area (Å²) in [7, 11) is 0. The van der Waals surface area contributed by atoms with Crippen LogP contribution in [0.25, 0.3) is 0 Å². The van der Waals surface area contributed by atoms with E-state index in [4.69, 9.17) is 5.41 Å². The van der Waals surface area contributed by atoms with Crippen LogP contribution in [-0.2, 0) is 24.1 Å². The topological polar surface area (TPSA) is 58.0 Å². The van der Waals surface area contributed by atoms with E-state index in [1.807, 2.05) is 6.26 Å². The van der Waals surface area contributed by atoms with Crippen LogP contribution < -0.4 is 0 Å². The molecule has 3 nitrogen and oxygen atoms in total. The number of ketones is 2. The van der Waals surface area contributed by atoms with Gasteiger partial charge in [-0.15, -0.1) is 23.1 Å². The molecule has 146 valence electrons. The average molecular weight is 404 g/mol. The van der Waals surface area contributed by atoms with Crippen molar-refractivity contribution in [2.24, 2.45) is 17.8 Å². The van der Waals surface area contributed by atoms with E-state index in [0.717, 1.165) is 66.3 Å². The smallest absolute Gasteiger partial charge is 0.164 e. The Morgan fingerprint density at radius 1 is 1.15 bits per heavy atom. The van der Waals surface area contributed by atoms with Gasteiger partial charge in [-0.05, 0) is 68.6 Å². The largest absolute Gasteiger partial charge is 0.299 e. The predicted molar refractivity (Wildman–Crippen MR) is 113 cm³/mol. The molecule has 0 bridgehead atoms. The van der Waals surface area contributed by atoms with Crippen molar-refractivity contribution in [1.29, 1.82) is 5.41 Å². The Morgan fingerprint density at radius 3 is 2.59 bits per heavy atom. The number of carbonyl (C=O) groups is 2. The Balaban J connectivity index is 1.56. The van der Waals surface area contributed by atoms with Crippen molar-refractivity contribution < 1.29 is 9.59 Å². The quantitative estimate of drug-likeness (QED) is 0.337. The van der Waals surface area contributed by atoms with Crippen molar-refractivity contribution in [3.63, 3.8) is 0 Å². The van der Waals surface area contributed by atoms with Gasteiger partial charge in [-0.3, -0.25) is 15.0 Å². The van der Waals surface area contributed by atoms with E-state index in [0.29, 0.717) is 24.5 Å². The highest BCUT2D eigenvalue weighted by Gasteiger charge is 2.34. The molecule has 2 saturated carbocycles. The van der Waals surface area contributed by atoms with Gasteiger partial charge in [0.25, 0.3) is 0 Å². The van der Waals surface area contributed by atoms with E-state index in [-0.39, 0.29) is 11.7 Å². The number of nitrogens with one attached hydrogen (secondary N) is 1. The zero-order chi connectivity index (χ0) is 19.0. The van der Waals surface area contributed by atoms with Crippen molar-refractivity contribution in [1.82, 2.24) is 0 Å². The number of thioether (sulfide) groups is 1. The molecule has 0 aliphatic heterocycles. The summed E-state index contributed by atoms with van der Waals surface area (Å²) in [6.45, 7) is 0. The predicted octanol–water partition coefficient (Wildman–Crippen LogP) is 5.48. The molecular weight excluding hydrogens is 374 g/mol. The lowest BCUT2D eigenvalue weighted by Gasteiger charge is -2.23. The molecule has 27 heavy (non-hydrogen) atoms. The SMILES string of the molecule is CSC(=N)CC1CCc2sc(CC(=O)C3CC3)c(C(=O)CCC3CC3)c2C1. The minimum Gasteiger partial charge on any atom is -0.299 e. The third-order valence-electron chi connectivity index (χ3n) is 6.28. The lowest BCUT2D eigenvalue weighted by Crippen LogP contribution is -2.18. The van der Waals surface area contributed by atoms with Crippen LogP contribution in [-0.4, -0.2) is 22.9 Å². The molecule has 3 aliphatic rings. The lowest BCUT2D eigenvalue weighted by atomic mass is 9.83. The van der Waals surface area contributed by atoms with Crippen LogP contribution in [0.1, 0.15) is 77.0 Å². The number of carbonyl (C=O) groups excluding carboxylic acids is 2. The summed E-state index contributed by atoms with van der Waals surface area (Å²) in [6.07, 6.45) is 12.6. The number of Topliss-reactive ketones (excluding diaryl/α,β-unsaturated/α-hetero) is 2. The fraction of sp³-hybridized carbons (Fsp3) is 0.682. The molecular formula is C22H29NO2S2. The number of hydrogen-bond acceptors (Lipinski definition) is 5. The molecule has 0 radical (unpaired) electrons. The van der Waals surface area contributed by atoms with Crippen LogP contribution >= 0.6 is 23.1 Å². The summed E-state index contributed by atoms with van der Waals surface area (Å²) in [6, 6.07) is 0. The Morgan fingerprint density at radius 2 is 1.93 bits per heavy atom. The van der Waals surface area contributed by atoms with Crippen LogP contribution in [0.15, 0.2) is 0 Å². The van der Waals surface area contributed by atoms with Gasteiger partial charge >= 0.3 is 0 Å². The second kappa shape index (κ2) is 8.20. The van der Waals surface area contributed by atoms with E-state index in [1.54, 1.807) is 11.3 Å². The Labute approximate surface area is 170 Å². The maximum Gasteiger partial charge on any atom is 0.164 e. The van der Waals surface area contributed by atoms with E-state index in [2.05, 4.69) is 0 Å². The van der Waals surface area contributed by atoms with Gasteiger partial charge in [0.05, 0.1) is 5.04 Å². The molecule has 0 aromatic carbocycles. The van der Waals surface area contributed by atoms with Crippen molar-refractivity contribution in [3.05, 3.63) is 20.9 Å². The van der Waals surface area contributed by atoms with Gasteiger partial charge in [0, 0.05) is 34.1 Å². The average Bonchev–Trinajstić information content (AvgIpc) is 3.56. The van der Waals surface area contributed by atoms with E-state index in [1.165, 1.54) is 35.0 Å². The van der Waals surface area contributed by atoms with Crippen LogP contribution in [0.4, 0.5) is 0 Å². The van der Waals surface area contributed by atoms with Crippen molar-refractivity contribution in [3.8, 4) is 0 Å². The van der Waals surface area contributed by atoms with Crippen molar-refractivity contribution in [2.75, 3.05) is 6.26 Å². The summed E-state index contributed by atoms with van der Waals surface area (Å²) >= 11 is 3.27. The summed E-state index contributed by atoms with van der Waals surface area (Å²) in [5, 5.41) is 8.76. The number of fused-ring (bicyclic) bond motifs is 1. The molecule has 5 heteroatoms. The first-order valence-corrected chi connectivity index (χ1v) is 12.4. The first-order chi connectivity index (χ1) is 13.0. The Hall–Kier alpha value is -0.940. The number of rotatable bonds is 9. The first-order valence-electron chi connectivity index (χ1n) is 10.4. The number of hydrogen-bond donors (Lipinski definition) is 1. The zero-order valence-electron chi connectivity index (χ0n) is 16.1. The lowest BCUT2D eigenvalue weighted by molar-refractivity contribution is -0.119. The maximum atomic E-state index is 13.1. The van der Waals surface area contributed by atoms with Gasteiger partial charge < -0.3 is 0 Å². The van der Waals surface area contributed by atoms with Gasteiger partial charge in [-0.1, -0.05) is 12.8 Å². The summed E-state index contributed by atoms with van der Waals surface area (Å²) < 4.78 is 0. The molecule has 1 heterocycles. The van der Waals surface area contributed by atoms with Crippen LogP contribution in [0, 0.1) is 23.2 Å². The third kappa shape index (κ3) is 4.73. The summed E-state index contributed by atoms with van der Waals surface area (Å²) in [5.74, 6) is 2.10. The summed E-state index contributed by atoms with van der Waals surface area (Å²) in [4.78, 5) is 28.0. The van der Waals surface area contributed by atoms with Gasteiger partial charge in [0.1, 0.15) is 5.78 Å². The molecule has 0 spiro atoms. The molecule has 1 unspecified atom stereocenters. The minimum atomic E-state index is 0.258. The van der Waals surface area contributed by atoms with Gasteiger partial charge in [-0.2, -0.15) is 0 Å². The second-order valence-electron chi connectivity index (χ2n) is 8.56. The molecule has 1 N–H and O–H groups in total. The highest BCUT2D eigenvalue weighted by molar-refractivity contribution is 8.13. The molecule has 1 aromatic rings. The van der Waals surface area contributed by atoms with E-state index < -0.39 is 0 Å². The molecule has 1 atom stereocenters. The normalized spacial score (nSPS) is 21.7. The van der Waals surface area contributed by atoms with Gasteiger partial charge in [0.15, 0.2) is 5.78 Å². The van der Waals surface area contributed by atoms with Crippen molar-refractivity contribution in [2.45, 2.75) is 70.6 Å².